The SMILES string of the molecule is C=CCCOC(=O)[C@H]1[C@H]2C(=O)N(CCO)C(C(=O)N(CC=C)C(C)(C)CC(C)(C)C)C23CC(C)[C@]1(C)O3. The predicted octanol–water partition coefficient (Wildman–Crippen LogP) is 3.34. The summed E-state index contributed by atoms with van der Waals surface area (Å²) < 4.78 is 12.3. The molecule has 0 aromatic carbocycles. The van der Waals surface area contributed by atoms with Gasteiger partial charge in [-0.25, -0.2) is 0 Å². The number of amides is 2. The highest BCUT2D eigenvalue weighted by molar-refractivity contribution is 5.98. The van der Waals surface area contributed by atoms with Crippen molar-refractivity contribution in [2.45, 2.75) is 90.5 Å². The molecule has 3 unspecified atom stereocenters. The Labute approximate surface area is 222 Å². The van der Waals surface area contributed by atoms with Crippen molar-refractivity contribution in [3.63, 3.8) is 0 Å². The van der Waals surface area contributed by atoms with Crippen LogP contribution in [0.3, 0.4) is 0 Å². The molecule has 3 aliphatic heterocycles. The van der Waals surface area contributed by atoms with Crippen molar-refractivity contribution in [1.82, 2.24) is 9.80 Å². The average Bonchev–Trinajstić information content (AvgIpc) is 3.27. The molecular formula is C29H46N2O6. The molecule has 2 bridgehead atoms. The molecule has 3 saturated heterocycles. The molecule has 3 rings (SSSR count). The van der Waals surface area contributed by atoms with E-state index in [0.717, 1.165) is 6.42 Å². The summed E-state index contributed by atoms with van der Waals surface area (Å²) in [6.45, 7) is 22.0. The normalized spacial score (nSPS) is 32.9. The van der Waals surface area contributed by atoms with E-state index >= 15 is 0 Å². The maximum Gasteiger partial charge on any atom is 0.312 e. The van der Waals surface area contributed by atoms with Gasteiger partial charge < -0.3 is 24.4 Å². The van der Waals surface area contributed by atoms with Crippen LogP contribution < -0.4 is 0 Å². The Bertz CT molecular complexity index is 939. The minimum atomic E-state index is -1.17. The van der Waals surface area contributed by atoms with Gasteiger partial charge in [0.15, 0.2) is 0 Å². The molecule has 0 radical (unpaired) electrons. The quantitative estimate of drug-likeness (QED) is 0.256. The van der Waals surface area contributed by atoms with Crippen LogP contribution in [0, 0.1) is 23.2 Å². The number of hydrogen-bond donors (Lipinski definition) is 1. The van der Waals surface area contributed by atoms with Crippen LogP contribution in [0.2, 0.25) is 0 Å². The second-order valence-electron chi connectivity index (χ2n) is 13.0. The Kier molecular flexibility index (Phi) is 8.08. The Hall–Kier alpha value is -2.19. The first-order chi connectivity index (χ1) is 17.1. The molecule has 1 N–H and O–H groups in total. The zero-order valence-electron chi connectivity index (χ0n) is 23.7. The van der Waals surface area contributed by atoms with E-state index in [9.17, 15) is 19.5 Å². The Morgan fingerprint density at radius 1 is 1.24 bits per heavy atom. The number of nitrogens with zero attached hydrogens (tertiary/aromatic N) is 2. The zero-order valence-corrected chi connectivity index (χ0v) is 23.7. The summed E-state index contributed by atoms with van der Waals surface area (Å²) in [4.78, 5) is 45.1. The third-order valence-electron chi connectivity index (χ3n) is 8.48. The van der Waals surface area contributed by atoms with Gasteiger partial charge in [0.25, 0.3) is 0 Å². The standard InChI is InChI=1S/C29H46N2O6/c1-10-12-16-36-25(35)21-20-23(33)30(14-15-32)22(29(20)17-19(3)28(21,9)37-29)24(34)31(13-11-2)27(7,8)18-26(4,5)6/h10-11,19-22,32H,1-2,12-18H2,3-9H3/t19?,20-,21+,22?,28-,29?/m0/s1. The first kappa shape index (κ1) is 29.4. The van der Waals surface area contributed by atoms with Gasteiger partial charge in [-0.1, -0.05) is 39.8 Å². The lowest BCUT2D eigenvalue weighted by molar-refractivity contribution is -0.163. The lowest BCUT2D eigenvalue weighted by atomic mass is 9.62. The van der Waals surface area contributed by atoms with Gasteiger partial charge in [-0.2, -0.15) is 0 Å². The molecule has 208 valence electrons. The number of fused-ring (bicyclic) bond motifs is 1. The van der Waals surface area contributed by atoms with Gasteiger partial charge in [-0.3, -0.25) is 14.4 Å². The van der Waals surface area contributed by atoms with E-state index in [4.69, 9.17) is 9.47 Å². The van der Waals surface area contributed by atoms with E-state index in [2.05, 4.69) is 33.9 Å². The van der Waals surface area contributed by atoms with E-state index in [1.807, 2.05) is 27.7 Å². The van der Waals surface area contributed by atoms with Crippen molar-refractivity contribution in [3.05, 3.63) is 25.3 Å². The van der Waals surface area contributed by atoms with Crippen LogP contribution >= 0.6 is 0 Å². The summed E-state index contributed by atoms with van der Waals surface area (Å²) in [7, 11) is 0. The molecule has 0 aromatic heterocycles. The molecule has 3 aliphatic rings. The molecule has 37 heavy (non-hydrogen) atoms. The number of β-amino-alcohol motifs (C(OH)–C–C–N with tert-alkyl or cyclic N) is 1. The van der Waals surface area contributed by atoms with Gasteiger partial charge in [0.2, 0.25) is 11.8 Å². The number of hydrogen-bond acceptors (Lipinski definition) is 6. The molecule has 8 nitrogen and oxygen atoms in total. The third kappa shape index (κ3) is 4.87. The second kappa shape index (κ2) is 10.2. The summed E-state index contributed by atoms with van der Waals surface area (Å²) in [6.07, 6.45) is 5.07. The number of ether oxygens (including phenoxy) is 2. The molecule has 6 atom stereocenters. The molecule has 8 heteroatoms. The number of aliphatic hydroxyl groups is 1. The molecule has 0 saturated carbocycles. The van der Waals surface area contributed by atoms with Crippen molar-refractivity contribution in [3.8, 4) is 0 Å². The minimum Gasteiger partial charge on any atom is -0.465 e. The molecule has 3 fully saturated rings. The molecule has 0 aromatic rings. The maximum absolute atomic E-state index is 14.5. The first-order valence-corrected chi connectivity index (χ1v) is 13.4. The van der Waals surface area contributed by atoms with Crippen LogP contribution in [0.25, 0.3) is 0 Å². The fourth-order valence-corrected chi connectivity index (χ4v) is 7.36. The fraction of sp³-hybridized carbons (Fsp3) is 0.759. The largest absolute Gasteiger partial charge is 0.465 e. The highest BCUT2D eigenvalue weighted by Gasteiger charge is 2.80. The molecule has 3 heterocycles. The summed E-state index contributed by atoms with van der Waals surface area (Å²) in [5.41, 5.74) is -2.69. The molecule has 2 amide bonds. The number of aliphatic hydroxyl groups excluding tert-OH is 1. The van der Waals surface area contributed by atoms with Crippen LogP contribution in [0.5, 0.6) is 0 Å². The van der Waals surface area contributed by atoms with Crippen LogP contribution in [0.1, 0.15) is 67.7 Å². The monoisotopic (exact) mass is 518 g/mol. The number of rotatable bonds is 11. The molecular weight excluding hydrogens is 472 g/mol. The number of carbonyl (C=O) groups excluding carboxylic acids is 3. The molecule has 0 aliphatic carbocycles. The van der Waals surface area contributed by atoms with Crippen LogP contribution in [0.4, 0.5) is 0 Å². The van der Waals surface area contributed by atoms with Crippen molar-refractivity contribution in [1.29, 1.82) is 0 Å². The van der Waals surface area contributed by atoms with Gasteiger partial charge >= 0.3 is 5.97 Å². The van der Waals surface area contributed by atoms with E-state index in [-0.39, 0.29) is 42.9 Å². The van der Waals surface area contributed by atoms with Gasteiger partial charge in [0, 0.05) is 18.6 Å². The highest BCUT2D eigenvalue weighted by atomic mass is 16.6. The van der Waals surface area contributed by atoms with Crippen molar-refractivity contribution in [2.75, 3.05) is 26.3 Å². The van der Waals surface area contributed by atoms with Crippen molar-refractivity contribution in [2.24, 2.45) is 23.2 Å². The van der Waals surface area contributed by atoms with E-state index < -0.39 is 40.6 Å². The van der Waals surface area contributed by atoms with E-state index in [1.54, 1.807) is 17.1 Å². The predicted molar refractivity (Wildman–Crippen MR) is 141 cm³/mol. The maximum atomic E-state index is 14.5. The second-order valence-corrected chi connectivity index (χ2v) is 13.0. The topological polar surface area (TPSA) is 96.4 Å². The van der Waals surface area contributed by atoms with Gasteiger partial charge in [0.05, 0.1) is 24.7 Å². The number of likely N-dealkylation sites (tertiary alicyclic amines) is 1. The number of esters is 1. The van der Waals surface area contributed by atoms with Gasteiger partial charge in [0.1, 0.15) is 17.6 Å². The Balaban J connectivity index is 2.09. The fourth-order valence-electron chi connectivity index (χ4n) is 7.36. The third-order valence-corrected chi connectivity index (χ3v) is 8.48. The van der Waals surface area contributed by atoms with Crippen molar-refractivity contribution < 1.29 is 29.0 Å². The Morgan fingerprint density at radius 2 is 1.89 bits per heavy atom. The average molecular weight is 519 g/mol. The summed E-state index contributed by atoms with van der Waals surface area (Å²) in [6, 6.07) is -0.952. The minimum absolute atomic E-state index is 0.0121. The van der Waals surface area contributed by atoms with Gasteiger partial charge in [-0.15, -0.1) is 13.2 Å². The van der Waals surface area contributed by atoms with Crippen molar-refractivity contribution >= 4 is 17.8 Å². The summed E-state index contributed by atoms with van der Waals surface area (Å²) in [5.74, 6) is -2.81. The van der Waals surface area contributed by atoms with Crippen LogP contribution in [-0.2, 0) is 23.9 Å². The van der Waals surface area contributed by atoms with Crippen LogP contribution in [0.15, 0.2) is 25.3 Å². The summed E-state index contributed by atoms with van der Waals surface area (Å²) >= 11 is 0. The van der Waals surface area contributed by atoms with Gasteiger partial charge in [-0.05, 0) is 51.4 Å². The zero-order chi connectivity index (χ0) is 28.0. The van der Waals surface area contributed by atoms with Crippen LogP contribution in [-0.4, -0.2) is 81.8 Å². The summed E-state index contributed by atoms with van der Waals surface area (Å²) in [5, 5.41) is 9.87. The molecule has 1 spiro atoms. The van der Waals surface area contributed by atoms with E-state index in [1.165, 1.54) is 4.90 Å². The highest BCUT2D eigenvalue weighted by Crippen LogP contribution is 2.65. The number of carbonyl (C=O) groups is 3. The van der Waals surface area contributed by atoms with E-state index in [0.29, 0.717) is 19.4 Å². The lowest BCUT2D eigenvalue weighted by Gasteiger charge is -2.45. The lowest BCUT2D eigenvalue weighted by Crippen LogP contribution is -2.61. The first-order valence-electron chi connectivity index (χ1n) is 13.4. The smallest absolute Gasteiger partial charge is 0.312 e. The Morgan fingerprint density at radius 3 is 2.43 bits per heavy atom.